The molecular weight excluding hydrogens is 334 g/mol. The second-order valence-corrected chi connectivity index (χ2v) is 7.24. The van der Waals surface area contributed by atoms with Crippen LogP contribution in [0.15, 0.2) is 24.3 Å². The molecule has 1 aromatic rings. The maximum Gasteiger partial charge on any atom is 0.410 e. The average molecular weight is 365 g/mol. The minimum absolute atomic E-state index is 0.0966. The summed E-state index contributed by atoms with van der Waals surface area (Å²) in [6.45, 7) is 12.7. The second-order valence-electron chi connectivity index (χ2n) is 7.24. The molecule has 0 fully saturated rings. The zero-order valence-electron chi connectivity index (χ0n) is 16.7. The van der Waals surface area contributed by atoms with Crippen LogP contribution in [0.2, 0.25) is 0 Å². The fraction of sp³-hybridized carbons (Fsp3) is 0.600. The van der Waals surface area contributed by atoms with Crippen LogP contribution in [0.1, 0.15) is 57.5 Å². The smallest absolute Gasteiger partial charge is 0.410 e. The molecule has 0 saturated carbocycles. The summed E-state index contributed by atoms with van der Waals surface area (Å²) in [4.78, 5) is 25.8. The van der Waals surface area contributed by atoms with E-state index in [1.807, 2.05) is 46.8 Å². The molecular formula is C20H31NO5. The molecule has 6 nitrogen and oxygen atoms in total. The van der Waals surface area contributed by atoms with Crippen molar-refractivity contribution in [3.8, 4) is 0 Å². The lowest BCUT2D eigenvalue weighted by atomic mass is 10.1. The fourth-order valence-corrected chi connectivity index (χ4v) is 2.14. The number of ether oxygens (including phenoxy) is 3. The predicted octanol–water partition coefficient (Wildman–Crippen LogP) is 4.03. The quantitative estimate of drug-likeness (QED) is 0.651. The summed E-state index contributed by atoms with van der Waals surface area (Å²) in [5, 5.41) is 0. The van der Waals surface area contributed by atoms with Crippen LogP contribution in [-0.4, -0.2) is 48.4 Å². The van der Waals surface area contributed by atoms with E-state index in [1.54, 1.807) is 24.0 Å². The molecule has 0 atom stereocenters. The first kappa shape index (κ1) is 22.0. The topological polar surface area (TPSA) is 65.1 Å². The molecule has 1 aromatic carbocycles. The lowest BCUT2D eigenvalue weighted by Crippen LogP contribution is -2.38. The highest BCUT2D eigenvalue weighted by molar-refractivity contribution is 5.89. The Morgan fingerprint density at radius 2 is 1.73 bits per heavy atom. The molecule has 0 aliphatic carbocycles. The van der Waals surface area contributed by atoms with Crippen LogP contribution in [0.4, 0.5) is 4.79 Å². The van der Waals surface area contributed by atoms with Gasteiger partial charge in [-0.25, -0.2) is 9.59 Å². The molecule has 0 saturated heterocycles. The summed E-state index contributed by atoms with van der Waals surface area (Å²) in [5.41, 5.74) is 0.818. The first-order valence-electron chi connectivity index (χ1n) is 8.98. The standard InChI is InChI=1S/C20H31NO5/c1-7-24-18(22)17-10-8-16(9-11-17)14-21(12-13-25-15(2)3)19(23)26-20(4,5)6/h8-11,15H,7,12-14H2,1-6H3. The van der Waals surface area contributed by atoms with Crippen LogP contribution in [-0.2, 0) is 20.8 Å². The van der Waals surface area contributed by atoms with Gasteiger partial charge in [0, 0.05) is 13.1 Å². The van der Waals surface area contributed by atoms with Gasteiger partial charge in [-0.15, -0.1) is 0 Å². The molecule has 26 heavy (non-hydrogen) atoms. The third-order valence-electron chi connectivity index (χ3n) is 3.30. The van der Waals surface area contributed by atoms with Crippen LogP contribution in [0.3, 0.4) is 0 Å². The number of esters is 1. The van der Waals surface area contributed by atoms with E-state index in [0.29, 0.717) is 31.9 Å². The van der Waals surface area contributed by atoms with E-state index >= 15 is 0 Å². The summed E-state index contributed by atoms with van der Waals surface area (Å²) in [5.74, 6) is -0.353. The van der Waals surface area contributed by atoms with Crippen molar-refractivity contribution >= 4 is 12.1 Å². The largest absolute Gasteiger partial charge is 0.462 e. The summed E-state index contributed by atoms with van der Waals surface area (Å²) >= 11 is 0. The summed E-state index contributed by atoms with van der Waals surface area (Å²) in [7, 11) is 0. The monoisotopic (exact) mass is 365 g/mol. The second kappa shape index (κ2) is 10.2. The van der Waals surface area contributed by atoms with Crippen molar-refractivity contribution in [2.45, 2.75) is 59.8 Å². The Morgan fingerprint density at radius 3 is 2.23 bits per heavy atom. The lowest BCUT2D eigenvalue weighted by molar-refractivity contribution is 0.00982. The van der Waals surface area contributed by atoms with Gasteiger partial charge in [-0.1, -0.05) is 12.1 Å². The first-order valence-corrected chi connectivity index (χ1v) is 8.98. The maximum atomic E-state index is 12.5. The van der Waals surface area contributed by atoms with Gasteiger partial charge >= 0.3 is 12.1 Å². The van der Waals surface area contributed by atoms with Crippen molar-refractivity contribution in [1.82, 2.24) is 4.90 Å². The van der Waals surface area contributed by atoms with Gasteiger partial charge < -0.3 is 19.1 Å². The molecule has 0 bridgehead atoms. The van der Waals surface area contributed by atoms with E-state index in [2.05, 4.69) is 0 Å². The summed E-state index contributed by atoms with van der Waals surface area (Å²) in [6, 6.07) is 7.02. The van der Waals surface area contributed by atoms with Crippen LogP contribution >= 0.6 is 0 Å². The van der Waals surface area contributed by atoms with E-state index in [9.17, 15) is 9.59 Å². The van der Waals surface area contributed by atoms with Crippen LogP contribution in [0.5, 0.6) is 0 Å². The molecule has 0 heterocycles. The Balaban J connectivity index is 2.80. The minimum Gasteiger partial charge on any atom is -0.462 e. The van der Waals surface area contributed by atoms with E-state index in [-0.39, 0.29) is 18.2 Å². The van der Waals surface area contributed by atoms with E-state index < -0.39 is 5.60 Å². The molecule has 1 rings (SSSR count). The van der Waals surface area contributed by atoms with Crippen LogP contribution < -0.4 is 0 Å². The van der Waals surface area contributed by atoms with E-state index in [4.69, 9.17) is 14.2 Å². The number of hydrogen-bond acceptors (Lipinski definition) is 5. The molecule has 0 N–H and O–H groups in total. The highest BCUT2D eigenvalue weighted by Crippen LogP contribution is 2.14. The summed E-state index contributed by atoms with van der Waals surface area (Å²) in [6.07, 6.45) is -0.293. The van der Waals surface area contributed by atoms with Crippen molar-refractivity contribution in [2.24, 2.45) is 0 Å². The van der Waals surface area contributed by atoms with Gasteiger partial charge in [0.05, 0.1) is 24.9 Å². The average Bonchev–Trinajstić information content (AvgIpc) is 2.52. The number of carbonyl (C=O) groups is 2. The van der Waals surface area contributed by atoms with Gasteiger partial charge in [0.1, 0.15) is 5.60 Å². The molecule has 0 aliphatic rings. The fourth-order valence-electron chi connectivity index (χ4n) is 2.14. The normalized spacial score (nSPS) is 11.3. The Bertz CT molecular complexity index is 575. The Morgan fingerprint density at radius 1 is 1.12 bits per heavy atom. The first-order chi connectivity index (χ1) is 12.1. The maximum absolute atomic E-state index is 12.5. The van der Waals surface area contributed by atoms with Crippen LogP contribution in [0.25, 0.3) is 0 Å². The number of benzene rings is 1. The highest BCUT2D eigenvalue weighted by Gasteiger charge is 2.22. The van der Waals surface area contributed by atoms with Crippen molar-refractivity contribution in [3.05, 3.63) is 35.4 Å². The number of amides is 1. The van der Waals surface area contributed by atoms with Crippen molar-refractivity contribution in [1.29, 1.82) is 0 Å². The minimum atomic E-state index is -0.567. The highest BCUT2D eigenvalue weighted by atomic mass is 16.6. The predicted molar refractivity (Wildman–Crippen MR) is 100 cm³/mol. The number of rotatable bonds is 8. The van der Waals surface area contributed by atoms with Gasteiger partial charge in [-0.3, -0.25) is 0 Å². The van der Waals surface area contributed by atoms with Gasteiger partial charge in [0.25, 0.3) is 0 Å². The molecule has 0 spiro atoms. The molecule has 0 radical (unpaired) electrons. The van der Waals surface area contributed by atoms with Gasteiger partial charge in [0.15, 0.2) is 0 Å². The third-order valence-corrected chi connectivity index (χ3v) is 3.30. The Kier molecular flexibility index (Phi) is 8.58. The van der Waals surface area contributed by atoms with Gasteiger partial charge in [-0.05, 0) is 59.2 Å². The SMILES string of the molecule is CCOC(=O)c1ccc(CN(CCOC(C)C)C(=O)OC(C)(C)C)cc1. The Hall–Kier alpha value is -2.08. The summed E-state index contributed by atoms with van der Waals surface area (Å²) < 4.78 is 16.0. The number of nitrogens with zero attached hydrogens (tertiary/aromatic N) is 1. The van der Waals surface area contributed by atoms with E-state index in [1.165, 1.54) is 0 Å². The molecule has 1 amide bonds. The zero-order valence-corrected chi connectivity index (χ0v) is 16.7. The van der Waals surface area contributed by atoms with Crippen LogP contribution in [0, 0.1) is 0 Å². The molecule has 0 aromatic heterocycles. The van der Waals surface area contributed by atoms with E-state index in [0.717, 1.165) is 5.56 Å². The number of carbonyl (C=O) groups excluding carboxylic acids is 2. The number of hydrogen-bond donors (Lipinski definition) is 0. The molecule has 0 aliphatic heterocycles. The van der Waals surface area contributed by atoms with Crippen molar-refractivity contribution in [2.75, 3.05) is 19.8 Å². The lowest BCUT2D eigenvalue weighted by Gasteiger charge is -2.27. The molecule has 6 heteroatoms. The zero-order chi connectivity index (χ0) is 19.7. The van der Waals surface area contributed by atoms with Crippen molar-refractivity contribution < 1.29 is 23.8 Å². The molecule has 0 unspecified atom stereocenters. The molecule has 146 valence electrons. The van der Waals surface area contributed by atoms with Gasteiger partial charge in [0.2, 0.25) is 0 Å². The van der Waals surface area contributed by atoms with Crippen molar-refractivity contribution in [3.63, 3.8) is 0 Å². The van der Waals surface area contributed by atoms with Gasteiger partial charge in [-0.2, -0.15) is 0 Å². The third kappa shape index (κ3) is 8.34. The Labute approximate surface area is 156 Å².